The summed E-state index contributed by atoms with van der Waals surface area (Å²) in [5, 5.41) is 63.5. The number of aliphatic carboxylic acids is 2. The molecule has 87 heavy (non-hydrogen) atoms. The molecule has 0 aliphatic carbocycles. The second kappa shape index (κ2) is 35.3. The zero-order valence-corrected chi connectivity index (χ0v) is 51.2. The molecule has 31 heteroatoms. The summed E-state index contributed by atoms with van der Waals surface area (Å²) in [4.78, 5) is 189. The number of hydrogen-bond acceptors (Lipinski definition) is 17. The molecule has 0 aromatic carbocycles. The number of likely N-dealkylation sites (tertiary alicyclic amines) is 2. The van der Waals surface area contributed by atoms with E-state index in [0.29, 0.717) is 32.2 Å². The van der Waals surface area contributed by atoms with Gasteiger partial charge in [0.25, 0.3) is 0 Å². The van der Waals surface area contributed by atoms with Crippen molar-refractivity contribution in [2.75, 3.05) is 32.8 Å². The molecule has 3 saturated heterocycles. The number of nitrogens with two attached hydrogens (primary N) is 1. The molecule has 13 atom stereocenters. The first-order valence-electron chi connectivity index (χ1n) is 29.9. The van der Waals surface area contributed by atoms with Gasteiger partial charge in [-0.25, -0.2) is 4.79 Å². The van der Waals surface area contributed by atoms with E-state index in [1.54, 1.807) is 41.5 Å². The molecule has 3 aliphatic heterocycles. The first-order chi connectivity index (χ1) is 40.8. The molecule has 0 aromatic rings. The molecule has 31 nitrogen and oxygen atoms in total. The Morgan fingerprint density at radius 1 is 0.529 bits per heavy atom. The first kappa shape index (κ1) is 73.7. The van der Waals surface area contributed by atoms with Gasteiger partial charge < -0.3 is 89.1 Å². The van der Waals surface area contributed by atoms with Crippen molar-refractivity contribution in [3.05, 3.63) is 0 Å². The standard InChI is InChI=1S/C56H93N13O18/c1-10-30(8)44(66-47(77)32-14-11-17-58-32)55(85)69-19-13-16-40(69)53(83)64-37(23-41(57)72)54(84)68-18-12-15-39(68)52(82)63-35(22-29(6)7)49(79)61-33(20-27(2)3)46(76)59-25-42(73)60-34(21-28(4)5)48(78)62-36(24-43(74)75)50(80)65-38(26-70)51(81)67-45(31(9)71)56(86)87/h27-40,44-45,58,70-71H,10-26H2,1-9H3,(H2,57,72)(H,59,76)(H,60,73)(H,61,79)(H,62,78)(H,63,82)(H,64,83)(H,65,80)(H,66,77)(H,67,81)(H,74,75)(H,86,87)/t30-,31+,32-,33-,34-,35-,36-,37-,38-,39-,40-,44-,45-/m0/s1. The molecule has 0 radical (unpaired) electrons. The number of amides is 12. The number of carbonyl (C=O) groups excluding carboxylic acids is 12. The van der Waals surface area contributed by atoms with Gasteiger partial charge in [0, 0.05) is 13.1 Å². The minimum absolute atomic E-state index is 0.0256. The maximum absolute atomic E-state index is 14.4. The van der Waals surface area contributed by atoms with Crippen molar-refractivity contribution in [3.63, 3.8) is 0 Å². The van der Waals surface area contributed by atoms with Crippen molar-refractivity contribution >= 4 is 82.8 Å². The van der Waals surface area contributed by atoms with E-state index in [4.69, 9.17) is 5.73 Å². The van der Waals surface area contributed by atoms with Crippen LogP contribution in [0.3, 0.4) is 0 Å². The predicted octanol–water partition coefficient (Wildman–Crippen LogP) is -4.29. The summed E-state index contributed by atoms with van der Waals surface area (Å²) in [5.74, 6) is -14.5. The monoisotopic (exact) mass is 1240 g/mol. The molecule has 3 rings (SSSR count). The van der Waals surface area contributed by atoms with Crippen LogP contribution in [-0.2, 0) is 67.1 Å². The lowest BCUT2D eigenvalue weighted by Crippen LogP contribution is -2.60. The van der Waals surface area contributed by atoms with E-state index < -0.39 is 175 Å². The van der Waals surface area contributed by atoms with Crippen LogP contribution in [-0.4, -0.2) is 218 Å². The summed E-state index contributed by atoms with van der Waals surface area (Å²) in [6, 6.07) is -14.8. The van der Waals surface area contributed by atoms with E-state index in [-0.39, 0.29) is 74.8 Å². The summed E-state index contributed by atoms with van der Waals surface area (Å²) >= 11 is 0. The molecular weight excluding hydrogens is 1140 g/mol. The van der Waals surface area contributed by atoms with Crippen molar-refractivity contribution in [2.24, 2.45) is 29.4 Å². The lowest BCUT2D eigenvalue weighted by atomic mass is 9.96. The van der Waals surface area contributed by atoms with Gasteiger partial charge in [0.1, 0.15) is 54.4 Å². The van der Waals surface area contributed by atoms with Gasteiger partial charge in [-0.3, -0.25) is 62.3 Å². The van der Waals surface area contributed by atoms with Gasteiger partial charge >= 0.3 is 11.9 Å². The third-order valence-electron chi connectivity index (χ3n) is 15.2. The van der Waals surface area contributed by atoms with Gasteiger partial charge in [0.2, 0.25) is 70.9 Å². The Hall–Kier alpha value is -7.54. The van der Waals surface area contributed by atoms with E-state index in [1.807, 2.05) is 24.5 Å². The molecule has 490 valence electrons. The van der Waals surface area contributed by atoms with Crippen LogP contribution in [0.1, 0.15) is 139 Å². The Kier molecular flexibility index (Phi) is 29.9. The number of carboxylic acid groups (broad SMARTS) is 2. The SMILES string of the molecule is CC[C@H](C)[C@H](NC(=O)[C@@H]1CCCN1)C(=O)N1CCC[C@H]1C(=O)N[C@@H](CC(N)=O)C(=O)N1CCC[C@H]1C(=O)N[C@@H](CC(C)C)C(=O)N[C@@H](CC(C)C)C(=O)NCC(=O)N[C@@H](CC(C)C)C(=O)N[C@@H](CC(=O)O)C(=O)N[C@@H](CO)C(=O)N[C@H](C(=O)O)[C@@H](C)O. The Labute approximate surface area is 506 Å². The molecule has 0 spiro atoms. The number of rotatable bonds is 35. The molecule has 3 heterocycles. The first-order valence-corrected chi connectivity index (χ1v) is 29.9. The summed E-state index contributed by atoms with van der Waals surface area (Å²) < 4.78 is 0. The molecular formula is C56H93N13O18. The topological polar surface area (TPSA) is 473 Å². The third kappa shape index (κ3) is 23.2. The Balaban J connectivity index is 1.74. The zero-order chi connectivity index (χ0) is 65.6. The molecule has 0 aromatic heterocycles. The van der Waals surface area contributed by atoms with E-state index in [1.165, 1.54) is 9.80 Å². The summed E-state index contributed by atoms with van der Waals surface area (Å²) in [7, 11) is 0. The molecule has 0 bridgehead atoms. The number of carboxylic acids is 2. The highest BCUT2D eigenvalue weighted by atomic mass is 16.4. The van der Waals surface area contributed by atoms with Gasteiger partial charge in [0.05, 0.1) is 38.1 Å². The normalized spacial score (nSPS) is 20.0. The van der Waals surface area contributed by atoms with Crippen molar-refractivity contribution in [3.8, 4) is 0 Å². The van der Waals surface area contributed by atoms with Crippen LogP contribution in [0.25, 0.3) is 0 Å². The van der Waals surface area contributed by atoms with Gasteiger partial charge in [-0.1, -0.05) is 61.8 Å². The Morgan fingerprint density at radius 3 is 1.46 bits per heavy atom. The molecule has 0 unspecified atom stereocenters. The number of nitrogens with zero attached hydrogens (tertiary/aromatic N) is 2. The number of primary amides is 1. The summed E-state index contributed by atoms with van der Waals surface area (Å²) in [5.41, 5.74) is 5.59. The van der Waals surface area contributed by atoms with Crippen LogP contribution >= 0.6 is 0 Å². The fourth-order valence-electron chi connectivity index (χ4n) is 10.4. The lowest BCUT2D eigenvalue weighted by molar-refractivity contribution is -0.146. The number of nitrogens with one attached hydrogen (secondary N) is 10. The Bertz CT molecular complexity index is 2470. The smallest absolute Gasteiger partial charge is 0.328 e. The van der Waals surface area contributed by atoms with Gasteiger partial charge in [-0.2, -0.15) is 0 Å². The number of aliphatic hydroxyl groups excluding tert-OH is 2. The lowest BCUT2D eigenvalue weighted by Gasteiger charge is -2.33. The van der Waals surface area contributed by atoms with Crippen LogP contribution in [0.5, 0.6) is 0 Å². The third-order valence-corrected chi connectivity index (χ3v) is 15.2. The van der Waals surface area contributed by atoms with Gasteiger partial charge in [-0.15, -0.1) is 0 Å². The zero-order valence-electron chi connectivity index (χ0n) is 51.2. The minimum atomic E-state index is -1.91. The molecule has 12 amide bonds. The van der Waals surface area contributed by atoms with Crippen molar-refractivity contribution in [2.45, 2.75) is 212 Å². The van der Waals surface area contributed by atoms with Gasteiger partial charge in [-0.05, 0) is 94.9 Å². The summed E-state index contributed by atoms with van der Waals surface area (Å²) in [6.45, 7) is 14.2. The van der Waals surface area contributed by atoms with Crippen LogP contribution in [0.15, 0.2) is 0 Å². The quantitative estimate of drug-likeness (QED) is 0.0285. The van der Waals surface area contributed by atoms with Crippen LogP contribution in [0.2, 0.25) is 0 Å². The second-order valence-corrected chi connectivity index (χ2v) is 23.9. The van der Waals surface area contributed by atoms with E-state index in [2.05, 4.69) is 42.5 Å². The van der Waals surface area contributed by atoms with Crippen molar-refractivity contribution in [1.29, 1.82) is 0 Å². The predicted molar refractivity (Wildman–Crippen MR) is 309 cm³/mol. The number of aliphatic hydroxyl groups is 2. The average Bonchev–Trinajstić information content (AvgIpc) is 2.04. The van der Waals surface area contributed by atoms with E-state index in [0.717, 1.165) is 13.3 Å². The molecule has 3 aliphatic rings. The van der Waals surface area contributed by atoms with Crippen LogP contribution in [0, 0.1) is 23.7 Å². The number of carbonyl (C=O) groups is 14. The fourth-order valence-corrected chi connectivity index (χ4v) is 10.4. The number of hydrogen-bond donors (Lipinski definition) is 15. The Morgan fingerprint density at radius 2 is 1.00 bits per heavy atom. The highest BCUT2D eigenvalue weighted by molar-refractivity contribution is 6.00. The average molecular weight is 1240 g/mol. The molecule has 0 saturated carbocycles. The highest BCUT2D eigenvalue weighted by Gasteiger charge is 2.44. The van der Waals surface area contributed by atoms with Gasteiger partial charge in [0.15, 0.2) is 6.04 Å². The second-order valence-electron chi connectivity index (χ2n) is 23.9. The highest BCUT2D eigenvalue weighted by Crippen LogP contribution is 2.24. The molecule has 3 fully saturated rings. The maximum atomic E-state index is 14.4. The van der Waals surface area contributed by atoms with Crippen molar-refractivity contribution in [1.82, 2.24) is 63.0 Å². The van der Waals surface area contributed by atoms with Crippen LogP contribution in [0.4, 0.5) is 0 Å². The maximum Gasteiger partial charge on any atom is 0.328 e. The van der Waals surface area contributed by atoms with Crippen molar-refractivity contribution < 1.29 is 87.5 Å². The molecule has 16 N–H and O–H groups in total. The fraction of sp³-hybridized carbons (Fsp3) is 0.750. The largest absolute Gasteiger partial charge is 0.481 e. The van der Waals surface area contributed by atoms with E-state index in [9.17, 15) is 87.5 Å². The van der Waals surface area contributed by atoms with Crippen LogP contribution < -0.4 is 58.9 Å². The summed E-state index contributed by atoms with van der Waals surface area (Å²) in [6.07, 6.45) is -0.232. The van der Waals surface area contributed by atoms with E-state index >= 15 is 0 Å². The minimum Gasteiger partial charge on any atom is -0.481 e.